The van der Waals surface area contributed by atoms with Crippen molar-refractivity contribution < 1.29 is 17.6 Å². The van der Waals surface area contributed by atoms with Crippen LogP contribution in [-0.2, 0) is 6.54 Å². The number of hydrogen-bond acceptors (Lipinski definition) is 3. The fourth-order valence-electron chi connectivity index (χ4n) is 0.975. The average molecular weight is 237 g/mol. The third-order valence-corrected chi connectivity index (χ3v) is 1.83. The quantitative estimate of drug-likeness (QED) is 0.765. The molecule has 0 bridgehead atoms. The van der Waals surface area contributed by atoms with E-state index >= 15 is 0 Å². The number of anilines is 1. The maximum atomic E-state index is 12.5. The van der Waals surface area contributed by atoms with Crippen LogP contribution in [-0.4, -0.2) is 23.9 Å². The van der Waals surface area contributed by atoms with Crippen LogP contribution in [0.4, 0.5) is 23.2 Å². The van der Waals surface area contributed by atoms with E-state index in [1.165, 1.54) is 12.3 Å². The molecular weight excluding hydrogens is 226 g/mol. The van der Waals surface area contributed by atoms with E-state index in [0.717, 1.165) is 0 Å². The predicted octanol–water partition coefficient (Wildman–Crippen LogP) is 1.65. The first-order valence-electron chi connectivity index (χ1n) is 4.49. The van der Waals surface area contributed by atoms with Gasteiger partial charge in [0.25, 0.3) is 0 Å². The van der Waals surface area contributed by atoms with Gasteiger partial charge in [0.2, 0.25) is 0 Å². The summed E-state index contributed by atoms with van der Waals surface area (Å²) in [7, 11) is 0. The van der Waals surface area contributed by atoms with Crippen LogP contribution in [0, 0.1) is 0 Å². The maximum absolute atomic E-state index is 12.5. The van der Waals surface area contributed by atoms with E-state index in [1.54, 1.807) is 6.07 Å². The topological polar surface area (TPSA) is 50.9 Å². The summed E-state index contributed by atoms with van der Waals surface area (Å²) >= 11 is 0. The fourth-order valence-corrected chi connectivity index (χ4v) is 0.975. The standard InChI is InChI=1S/C9H11F4N3/c10-8(11)9(12,13)5-15-4-7-2-1-6(14)3-16-7/h1-3,8,15H,4-5,14H2. The van der Waals surface area contributed by atoms with Crippen molar-refractivity contribution in [2.24, 2.45) is 0 Å². The van der Waals surface area contributed by atoms with Gasteiger partial charge in [-0.05, 0) is 12.1 Å². The molecule has 90 valence electrons. The molecule has 0 radical (unpaired) electrons. The van der Waals surface area contributed by atoms with E-state index in [1.807, 2.05) is 0 Å². The van der Waals surface area contributed by atoms with Gasteiger partial charge >= 0.3 is 12.3 Å². The third-order valence-electron chi connectivity index (χ3n) is 1.83. The number of rotatable bonds is 5. The summed E-state index contributed by atoms with van der Waals surface area (Å²) in [4.78, 5) is 3.82. The van der Waals surface area contributed by atoms with Crippen molar-refractivity contribution >= 4 is 5.69 Å². The van der Waals surface area contributed by atoms with Crippen LogP contribution >= 0.6 is 0 Å². The van der Waals surface area contributed by atoms with Crippen LogP contribution in [0.2, 0.25) is 0 Å². The third kappa shape index (κ3) is 3.65. The SMILES string of the molecule is Nc1ccc(CNCC(F)(F)C(F)F)nc1. The lowest BCUT2D eigenvalue weighted by atomic mass is 10.3. The second-order valence-corrected chi connectivity index (χ2v) is 3.25. The highest BCUT2D eigenvalue weighted by Crippen LogP contribution is 2.21. The molecule has 0 unspecified atom stereocenters. The minimum absolute atomic E-state index is 0.0113. The molecule has 0 saturated heterocycles. The lowest BCUT2D eigenvalue weighted by molar-refractivity contribution is -0.125. The molecule has 0 aliphatic carbocycles. The molecule has 0 amide bonds. The fraction of sp³-hybridized carbons (Fsp3) is 0.444. The first-order valence-corrected chi connectivity index (χ1v) is 4.49. The van der Waals surface area contributed by atoms with Crippen molar-refractivity contribution in [1.29, 1.82) is 0 Å². The molecule has 0 aromatic carbocycles. The molecular formula is C9H11F4N3. The lowest BCUT2D eigenvalue weighted by Crippen LogP contribution is -2.38. The molecule has 16 heavy (non-hydrogen) atoms. The van der Waals surface area contributed by atoms with E-state index in [0.29, 0.717) is 11.4 Å². The molecule has 1 rings (SSSR count). The summed E-state index contributed by atoms with van der Waals surface area (Å²) in [6.07, 6.45) is -2.30. The number of nitrogen functional groups attached to an aromatic ring is 1. The zero-order chi connectivity index (χ0) is 12.2. The summed E-state index contributed by atoms with van der Waals surface area (Å²) < 4.78 is 48.5. The van der Waals surface area contributed by atoms with Gasteiger partial charge in [-0.2, -0.15) is 8.78 Å². The van der Waals surface area contributed by atoms with Gasteiger partial charge < -0.3 is 11.1 Å². The minimum Gasteiger partial charge on any atom is -0.397 e. The van der Waals surface area contributed by atoms with Crippen LogP contribution in [0.5, 0.6) is 0 Å². The summed E-state index contributed by atoms with van der Waals surface area (Å²) in [6.45, 7) is -1.10. The van der Waals surface area contributed by atoms with Crippen LogP contribution in [0.3, 0.4) is 0 Å². The zero-order valence-electron chi connectivity index (χ0n) is 8.26. The van der Waals surface area contributed by atoms with Gasteiger partial charge in [-0.15, -0.1) is 0 Å². The highest BCUT2D eigenvalue weighted by atomic mass is 19.3. The molecule has 3 nitrogen and oxygen atoms in total. The molecule has 0 aliphatic rings. The van der Waals surface area contributed by atoms with E-state index in [-0.39, 0.29) is 6.54 Å². The average Bonchev–Trinajstić information content (AvgIpc) is 2.20. The number of nitrogens with two attached hydrogens (primary N) is 1. The number of pyridine rings is 1. The van der Waals surface area contributed by atoms with Gasteiger partial charge in [0.1, 0.15) is 0 Å². The van der Waals surface area contributed by atoms with E-state index in [4.69, 9.17) is 5.73 Å². The number of nitrogens with zero attached hydrogens (tertiary/aromatic N) is 1. The Hall–Kier alpha value is -1.37. The van der Waals surface area contributed by atoms with Gasteiger partial charge in [-0.1, -0.05) is 0 Å². The number of hydrogen-bond donors (Lipinski definition) is 2. The van der Waals surface area contributed by atoms with Crippen molar-refractivity contribution in [1.82, 2.24) is 10.3 Å². The van der Waals surface area contributed by atoms with Crippen LogP contribution < -0.4 is 11.1 Å². The Bertz CT molecular complexity index is 326. The van der Waals surface area contributed by atoms with E-state index in [9.17, 15) is 17.6 Å². The number of alkyl halides is 4. The number of nitrogens with one attached hydrogen (secondary N) is 1. The highest BCUT2D eigenvalue weighted by Gasteiger charge is 2.39. The summed E-state index contributed by atoms with van der Waals surface area (Å²) in [6, 6.07) is 3.08. The molecule has 7 heteroatoms. The Morgan fingerprint density at radius 2 is 2.06 bits per heavy atom. The Morgan fingerprint density at radius 3 is 2.56 bits per heavy atom. The second-order valence-electron chi connectivity index (χ2n) is 3.25. The second kappa shape index (κ2) is 5.11. The Balaban J connectivity index is 2.39. The molecule has 1 aromatic rings. The highest BCUT2D eigenvalue weighted by molar-refractivity contribution is 5.34. The smallest absolute Gasteiger partial charge is 0.319 e. The molecule has 3 N–H and O–H groups in total. The van der Waals surface area contributed by atoms with Crippen molar-refractivity contribution in [2.75, 3.05) is 12.3 Å². The monoisotopic (exact) mass is 237 g/mol. The molecule has 0 atom stereocenters. The Kier molecular flexibility index (Phi) is 4.05. The van der Waals surface area contributed by atoms with Gasteiger partial charge in [-0.3, -0.25) is 4.98 Å². The first kappa shape index (κ1) is 12.7. The van der Waals surface area contributed by atoms with Crippen molar-refractivity contribution in [3.63, 3.8) is 0 Å². The van der Waals surface area contributed by atoms with Gasteiger partial charge in [0, 0.05) is 6.54 Å². The molecule has 0 saturated carbocycles. The van der Waals surface area contributed by atoms with Crippen molar-refractivity contribution in [2.45, 2.75) is 18.9 Å². The number of aromatic nitrogens is 1. The van der Waals surface area contributed by atoms with Gasteiger partial charge in [-0.25, -0.2) is 8.78 Å². The zero-order valence-corrected chi connectivity index (χ0v) is 8.26. The Labute approximate surface area is 89.7 Å². The predicted molar refractivity (Wildman–Crippen MR) is 51.3 cm³/mol. The van der Waals surface area contributed by atoms with Crippen LogP contribution in [0.1, 0.15) is 5.69 Å². The van der Waals surface area contributed by atoms with Gasteiger partial charge in [0.05, 0.1) is 24.1 Å². The van der Waals surface area contributed by atoms with Crippen molar-refractivity contribution in [3.05, 3.63) is 24.0 Å². The molecule has 1 aromatic heterocycles. The van der Waals surface area contributed by atoms with E-state index in [2.05, 4.69) is 10.3 Å². The summed E-state index contributed by atoms with van der Waals surface area (Å²) in [5.41, 5.74) is 6.27. The summed E-state index contributed by atoms with van der Waals surface area (Å²) in [5.74, 6) is -4.02. The Morgan fingerprint density at radius 1 is 1.38 bits per heavy atom. The first-order chi connectivity index (χ1) is 7.42. The lowest BCUT2D eigenvalue weighted by Gasteiger charge is -2.15. The van der Waals surface area contributed by atoms with Crippen molar-refractivity contribution in [3.8, 4) is 0 Å². The van der Waals surface area contributed by atoms with Gasteiger partial charge in [0.15, 0.2) is 0 Å². The van der Waals surface area contributed by atoms with E-state index < -0.39 is 18.9 Å². The molecule has 1 heterocycles. The van der Waals surface area contributed by atoms with Crippen LogP contribution in [0.15, 0.2) is 18.3 Å². The molecule has 0 spiro atoms. The maximum Gasteiger partial charge on any atom is 0.319 e. The largest absolute Gasteiger partial charge is 0.397 e. The molecule has 0 aliphatic heterocycles. The number of halogens is 4. The summed E-state index contributed by atoms with van der Waals surface area (Å²) in [5, 5.41) is 2.21. The van der Waals surface area contributed by atoms with Crippen LogP contribution in [0.25, 0.3) is 0 Å². The molecule has 0 fully saturated rings. The minimum atomic E-state index is -4.02. The normalized spacial score (nSPS) is 12.1.